The molecule has 2 aliphatic rings. The number of nitrogens with zero attached hydrogens (tertiary/aromatic N) is 2. The van der Waals surface area contributed by atoms with Gasteiger partial charge in [-0.25, -0.2) is 4.79 Å². The molecule has 8 heteroatoms. The molecule has 0 aliphatic carbocycles. The lowest BCUT2D eigenvalue weighted by Gasteiger charge is -2.35. The first-order chi connectivity index (χ1) is 15.4. The zero-order valence-corrected chi connectivity index (χ0v) is 19.3. The minimum absolute atomic E-state index is 0.255. The van der Waals surface area contributed by atoms with E-state index in [1.54, 1.807) is 11.8 Å². The Balaban J connectivity index is 1.59. The number of piperidine rings is 1. The number of anilines is 1. The largest absolute Gasteiger partial charge is 0.450 e. The lowest BCUT2D eigenvalue weighted by atomic mass is 10.0. The van der Waals surface area contributed by atoms with Crippen LogP contribution >= 0.6 is 11.3 Å². The van der Waals surface area contributed by atoms with E-state index in [0.717, 1.165) is 21.7 Å². The van der Waals surface area contributed by atoms with Gasteiger partial charge in [0.05, 0.1) is 12.2 Å². The van der Waals surface area contributed by atoms with Gasteiger partial charge in [0.15, 0.2) is 0 Å². The summed E-state index contributed by atoms with van der Waals surface area (Å²) in [7, 11) is 0. The predicted molar refractivity (Wildman–Crippen MR) is 124 cm³/mol. The van der Waals surface area contributed by atoms with Crippen molar-refractivity contribution in [3.8, 4) is 0 Å². The number of amides is 3. The number of aryl methyl sites for hydroxylation is 2. The molecule has 7 nitrogen and oxygen atoms in total. The predicted octanol–water partition coefficient (Wildman–Crippen LogP) is 4.18. The Morgan fingerprint density at radius 3 is 2.50 bits per heavy atom. The Kier molecular flexibility index (Phi) is 6.32. The topological polar surface area (TPSA) is 79.0 Å². The van der Waals surface area contributed by atoms with Crippen LogP contribution in [-0.4, -0.2) is 53.4 Å². The quantitative estimate of drug-likeness (QED) is 0.687. The third kappa shape index (κ3) is 4.14. The maximum atomic E-state index is 13.5. The number of hydrogen-bond acceptors (Lipinski definition) is 6. The molecule has 0 unspecified atom stereocenters. The lowest BCUT2D eigenvalue weighted by Crippen LogP contribution is -2.49. The van der Waals surface area contributed by atoms with Gasteiger partial charge in [-0.1, -0.05) is 12.1 Å². The summed E-state index contributed by atoms with van der Waals surface area (Å²) in [6.07, 6.45) is 0.718. The maximum absolute atomic E-state index is 13.5. The van der Waals surface area contributed by atoms with E-state index in [9.17, 15) is 14.4 Å². The number of rotatable bonds is 5. The van der Waals surface area contributed by atoms with Crippen LogP contribution in [0.15, 0.2) is 41.4 Å². The van der Waals surface area contributed by atoms with Crippen LogP contribution in [0.3, 0.4) is 0 Å². The standard InChI is InChI=1S/C24H27N3O4S/c1-4-31-24(30)26-11-9-18(10-12-26)27-22(28)20(19-6-5-13-32-19)21(23(27)29)25-17-8-7-15(2)16(3)14-17/h5-8,13-14,18,25H,4,9-12H2,1-3H3. The second-order valence-corrected chi connectivity index (χ2v) is 9.00. The summed E-state index contributed by atoms with van der Waals surface area (Å²) in [6, 6.07) is 9.37. The number of ether oxygens (including phenoxy) is 1. The van der Waals surface area contributed by atoms with E-state index in [1.807, 2.05) is 49.6 Å². The third-order valence-electron chi connectivity index (χ3n) is 6.01. The van der Waals surface area contributed by atoms with Crippen LogP contribution < -0.4 is 5.32 Å². The van der Waals surface area contributed by atoms with Gasteiger partial charge in [0.25, 0.3) is 11.8 Å². The Bertz CT molecular complexity index is 1070. The molecule has 0 radical (unpaired) electrons. The SMILES string of the molecule is CCOC(=O)N1CCC(N2C(=O)C(Nc3ccc(C)c(C)c3)=C(c3cccs3)C2=O)CC1. The Hall–Kier alpha value is -3.13. The van der Waals surface area contributed by atoms with Crippen molar-refractivity contribution in [3.63, 3.8) is 0 Å². The first-order valence-electron chi connectivity index (χ1n) is 10.8. The van der Waals surface area contributed by atoms with E-state index in [4.69, 9.17) is 4.74 Å². The summed E-state index contributed by atoms with van der Waals surface area (Å²) < 4.78 is 5.07. The second kappa shape index (κ2) is 9.16. The van der Waals surface area contributed by atoms with Gasteiger partial charge in [-0.05, 0) is 68.3 Å². The number of carbonyl (C=O) groups is 3. The molecule has 32 heavy (non-hydrogen) atoms. The summed E-state index contributed by atoms with van der Waals surface area (Å²) in [5, 5.41) is 5.13. The van der Waals surface area contributed by atoms with Crippen molar-refractivity contribution in [2.24, 2.45) is 0 Å². The van der Waals surface area contributed by atoms with Gasteiger partial charge in [0.2, 0.25) is 0 Å². The number of benzene rings is 1. The molecular weight excluding hydrogens is 426 g/mol. The molecule has 2 aliphatic heterocycles. The van der Waals surface area contributed by atoms with Gasteiger partial charge >= 0.3 is 6.09 Å². The zero-order valence-electron chi connectivity index (χ0n) is 18.5. The van der Waals surface area contributed by atoms with Crippen molar-refractivity contribution < 1.29 is 19.1 Å². The van der Waals surface area contributed by atoms with E-state index >= 15 is 0 Å². The molecule has 1 aromatic carbocycles. The fraction of sp³-hybridized carbons (Fsp3) is 0.375. The van der Waals surface area contributed by atoms with Crippen LogP contribution in [0.25, 0.3) is 5.57 Å². The summed E-state index contributed by atoms with van der Waals surface area (Å²) in [5.74, 6) is -0.593. The molecule has 2 aromatic rings. The number of thiophene rings is 1. The smallest absolute Gasteiger partial charge is 0.409 e. The van der Waals surface area contributed by atoms with Crippen LogP contribution in [0, 0.1) is 13.8 Å². The fourth-order valence-electron chi connectivity index (χ4n) is 4.13. The monoisotopic (exact) mass is 453 g/mol. The van der Waals surface area contributed by atoms with Crippen molar-refractivity contribution in [2.45, 2.75) is 39.7 Å². The van der Waals surface area contributed by atoms with E-state index in [0.29, 0.717) is 43.8 Å². The molecule has 0 saturated carbocycles. The van der Waals surface area contributed by atoms with Crippen molar-refractivity contribution >= 4 is 40.5 Å². The molecule has 0 atom stereocenters. The number of likely N-dealkylation sites (tertiary alicyclic amines) is 1. The normalized spacial score (nSPS) is 17.3. The molecule has 3 heterocycles. The van der Waals surface area contributed by atoms with Gasteiger partial charge < -0.3 is 15.0 Å². The summed E-state index contributed by atoms with van der Waals surface area (Å²) >= 11 is 1.44. The highest BCUT2D eigenvalue weighted by atomic mass is 32.1. The van der Waals surface area contributed by atoms with E-state index in [-0.39, 0.29) is 23.9 Å². The molecule has 3 amide bonds. The first-order valence-corrected chi connectivity index (χ1v) is 11.7. The van der Waals surface area contributed by atoms with Gasteiger partial charge in [-0.3, -0.25) is 14.5 Å². The summed E-state index contributed by atoms with van der Waals surface area (Å²) in [6.45, 7) is 7.05. The van der Waals surface area contributed by atoms with Crippen molar-refractivity contribution in [3.05, 3.63) is 57.4 Å². The van der Waals surface area contributed by atoms with E-state index in [2.05, 4.69) is 5.32 Å². The molecular formula is C24H27N3O4S. The average Bonchev–Trinajstić information content (AvgIpc) is 3.38. The van der Waals surface area contributed by atoms with E-state index in [1.165, 1.54) is 16.2 Å². The van der Waals surface area contributed by atoms with Crippen LogP contribution in [0.4, 0.5) is 10.5 Å². The third-order valence-corrected chi connectivity index (χ3v) is 6.90. The van der Waals surface area contributed by atoms with Crippen LogP contribution in [0.2, 0.25) is 0 Å². The van der Waals surface area contributed by atoms with E-state index < -0.39 is 0 Å². The highest BCUT2D eigenvalue weighted by Crippen LogP contribution is 2.35. The van der Waals surface area contributed by atoms with Gasteiger partial charge in [0.1, 0.15) is 5.70 Å². The summed E-state index contributed by atoms with van der Waals surface area (Å²) in [5.41, 5.74) is 3.77. The Morgan fingerprint density at radius 1 is 1.12 bits per heavy atom. The number of nitrogens with one attached hydrogen (secondary N) is 1. The van der Waals surface area contributed by atoms with Crippen molar-refractivity contribution in [2.75, 3.05) is 25.0 Å². The number of imide groups is 1. The van der Waals surface area contributed by atoms with Gasteiger partial charge in [-0.15, -0.1) is 11.3 Å². The Labute approximate surface area is 191 Å². The first kappa shape index (κ1) is 22.1. The average molecular weight is 454 g/mol. The molecule has 1 fully saturated rings. The molecule has 168 valence electrons. The lowest BCUT2D eigenvalue weighted by molar-refractivity contribution is -0.140. The summed E-state index contributed by atoms with van der Waals surface area (Å²) in [4.78, 5) is 42.7. The minimum atomic E-state index is -0.348. The zero-order chi connectivity index (χ0) is 22.8. The van der Waals surface area contributed by atoms with Gasteiger partial charge in [0, 0.05) is 29.7 Å². The number of hydrogen-bond donors (Lipinski definition) is 1. The highest BCUT2D eigenvalue weighted by molar-refractivity contribution is 7.11. The van der Waals surface area contributed by atoms with Crippen molar-refractivity contribution in [1.29, 1.82) is 0 Å². The Morgan fingerprint density at radius 2 is 1.88 bits per heavy atom. The molecule has 1 N–H and O–H groups in total. The van der Waals surface area contributed by atoms with Crippen LogP contribution in [0.1, 0.15) is 35.8 Å². The minimum Gasteiger partial charge on any atom is -0.450 e. The fourth-order valence-corrected chi connectivity index (χ4v) is 4.90. The number of carbonyl (C=O) groups excluding carboxylic acids is 3. The maximum Gasteiger partial charge on any atom is 0.409 e. The van der Waals surface area contributed by atoms with Crippen LogP contribution in [-0.2, 0) is 14.3 Å². The molecule has 4 rings (SSSR count). The van der Waals surface area contributed by atoms with Crippen molar-refractivity contribution in [1.82, 2.24) is 9.80 Å². The molecule has 0 bridgehead atoms. The molecule has 1 saturated heterocycles. The second-order valence-electron chi connectivity index (χ2n) is 8.05. The highest BCUT2D eigenvalue weighted by Gasteiger charge is 2.44. The van der Waals surface area contributed by atoms with Gasteiger partial charge in [-0.2, -0.15) is 0 Å². The van der Waals surface area contributed by atoms with Crippen LogP contribution in [0.5, 0.6) is 0 Å². The molecule has 1 aromatic heterocycles. The molecule has 0 spiro atoms.